The maximum atomic E-state index is 5.83. The zero-order valence-electron chi connectivity index (χ0n) is 11.1. The van der Waals surface area contributed by atoms with Gasteiger partial charge in [-0.15, -0.1) is 0 Å². The highest BCUT2D eigenvalue weighted by molar-refractivity contribution is 5.46. The molecule has 2 N–H and O–H groups in total. The fraction of sp³-hybridized carbons (Fsp3) is 0.500. The van der Waals surface area contributed by atoms with Crippen molar-refractivity contribution in [3.05, 3.63) is 35.8 Å². The lowest BCUT2D eigenvalue weighted by Gasteiger charge is -2.20. The average molecular weight is 231 g/mol. The van der Waals surface area contributed by atoms with E-state index in [2.05, 4.69) is 38.3 Å². The van der Waals surface area contributed by atoms with Gasteiger partial charge < -0.3 is 10.1 Å². The van der Waals surface area contributed by atoms with Crippen LogP contribution in [0.3, 0.4) is 0 Å². The minimum atomic E-state index is 0.0464. The summed E-state index contributed by atoms with van der Waals surface area (Å²) in [5.74, 6) is 0.321. The van der Waals surface area contributed by atoms with Gasteiger partial charge in [0.2, 0.25) is 0 Å². The summed E-state index contributed by atoms with van der Waals surface area (Å²) in [5.41, 5.74) is 9.28. The minimum Gasteiger partial charge on any atom is -0.330 e. The van der Waals surface area contributed by atoms with Gasteiger partial charge in [-0.25, -0.2) is 4.98 Å². The molecule has 0 saturated carbocycles. The van der Waals surface area contributed by atoms with Crippen molar-refractivity contribution >= 4 is 5.65 Å². The van der Waals surface area contributed by atoms with Crippen molar-refractivity contribution in [3.63, 3.8) is 0 Å². The van der Waals surface area contributed by atoms with E-state index in [1.807, 2.05) is 18.2 Å². The maximum absolute atomic E-state index is 5.83. The molecule has 2 aromatic heterocycles. The predicted molar refractivity (Wildman–Crippen MR) is 71.4 cm³/mol. The predicted octanol–water partition coefficient (Wildman–Crippen LogP) is 2.69. The minimum absolute atomic E-state index is 0.0464. The highest BCUT2D eigenvalue weighted by Crippen LogP contribution is 2.30. The molecule has 0 bridgehead atoms. The molecule has 0 radical (unpaired) electrons. The number of nitrogens with two attached hydrogens (primary N) is 1. The van der Waals surface area contributed by atoms with E-state index in [9.17, 15) is 0 Å². The van der Waals surface area contributed by atoms with Crippen LogP contribution in [-0.2, 0) is 5.41 Å². The molecule has 0 aliphatic carbocycles. The Kier molecular flexibility index (Phi) is 2.96. The van der Waals surface area contributed by atoms with E-state index < -0.39 is 0 Å². The highest BCUT2D eigenvalue weighted by atomic mass is 15.0. The second kappa shape index (κ2) is 4.15. The molecule has 0 aromatic carbocycles. The van der Waals surface area contributed by atoms with Crippen molar-refractivity contribution < 1.29 is 0 Å². The van der Waals surface area contributed by atoms with Gasteiger partial charge in [0, 0.05) is 24.1 Å². The first kappa shape index (κ1) is 12.1. The number of nitrogens with zero attached hydrogens (tertiary/aromatic N) is 2. The van der Waals surface area contributed by atoms with Gasteiger partial charge in [0.05, 0.1) is 11.4 Å². The van der Waals surface area contributed by atoms with Gasteiger partial charge in [0.25, 0.3) is 0 Å². The number of hydrogen-bond acceptors (Lipinski definition) is 2. The Hall–Kier alpha value is -1.35. The van der Waals surface area contributed by atoms with Crippen molar-refractivity contribution in [1.29, 1.82) is 0 Å². The first-order chi connectivity index (χ1) is 7.95. The van der Waals surface area contributed by atoms with E-state index in [0.717, 1.165) is 11.3 Å². The number of rotatable bonds is 2. The van der Waals surface area contributed by atoms with Crippen molar-refractivity contribution in [2.75, 3.05) is 6.54 Å². The molecule has 1 unspecified atom stereocenters. The third-order valence-corrected chi connectivity index (χ3v) is 3.10. The summed E-state index contributed by atoms with van der Waals surface area (Å²) >= 11 is 0. The molecule has 0 amide bonds. The topological polar surface area (TPSA) is 43.3 Å². The first-order valence-corrected chi connectivity index (χ1v) is 6.12. The smallest absolute Gasteiger partial charge is 0.137 e. The van der Waals surface area contributed by atoms with Crippen LogP contribution in [0.25, 0.3) is 5.65 Å². The molecule has 92 valence electrons. The van der Waals surface area contributed by atoms with Crippen LogP contribution in [0.2, 0.25) is 0 Å². The molecule has 1 atom stereocenters. The molecule has 0 aliphatic rings. The van der Waals surface area contributed by atoms with E-state index >= 15 is 0 Å². The van der Waals surface area contributed by atoms with E-state index in [0.29, 0.717) is 12.5 Å². The molecule has 2 rings (SSSR count). The van der Waals surface area contributed by atoms with E-state index in [4.69, 9.17) is 10.7 Å². The maximum Gasteiger partial charge on any atom is 0.137 e. The molecule has 2 aromatic rings. The summed E-state index contributed by atoms with van der Waals surface area (Å²) in [7, 11) is 0. The Bertz CT molecular complexity index is 520. The lowest BCUT2D eigenvalue weighted by atomic mass is 9.87. The second-order valence-electron chi connectivity index (χ2n) is 5.66. The highest BCUT2D eigenvalue weighted by Gasteiger charge is 2.25. The Morgan fingerprint density at radius 3 is 2.65 bits per heavy atom. The zero-order valence-corrected chi connectivity index (χ0v) is 11.1. The number of hydrogen-bond donors (Lipinski definition) is 1. The standard InChI is InChI=1S/C14H21N3/c1-10(9-15)12-13(14(2,3)4)16-11-7-5-6-8-17(11)12/h5-8,10H,9,15H2,1-4H3. The van der Waals surface area contributed by atoms with Crippen LogP contribution in [0.1, 0.15) is 45.0 Å². The van der Waals surface area contributed by atoms with Crippen molar-refractivity contribution in [2.24, 2.45) is 5.73 Å². The lowest BCUT2D eigenvalue weighted by Crippen LogP contribution is -2.19. The zero-order chi connectivity index (χ0) is 12.6. The molecular weight excluding hydrogens is 210 g/mol. The number of aromatic nitrogens is 2. The van der Waals surface area contributed by atoms with Crippen LogP contribution in [-0.4, -0.2) is 15.9 Å². The molecule has 0 aliphatic heterocycles. The van der Waals surface area contributed by atoms with Crippen molar-refractivity contribution in [2.45, 2.75) is 39.0 Å². The van der Waals surface area contributed by atoms with Gasteiger partial charge in [0.15, 0.2) is 0 Å². The average Bonchev–Trinajstić information content (AvgIpc) is 2.67. The number of fused-ring (bicyclic) bond motifs is 1. The molecule has 0 saturated heterocycles. The van der Waals surface area contributed by atoms with Crippen LogP contribution < -0.4 is 5.73 Å². The number of pyridine rings is 1. The Balaban J connectivity index is 2.74. The van der Waals surface area contributed by atoms with E-state index in [-0.39, 0.29) is 5.41 Å². The molecule has 17 heavy (non-hydrogen) atoms. The quantitative estimate of drug-likeness (QED) is 0.863. The number of imidazole rings is 1. The summed E-state index contributed by atoms with van der Waals surface area (Å²) in [5, 5.41) is 0. The molecule has 3 heteroatoms. The fourth-order valence-electron chi connectivity index (χ4n) is 2.15. The SMILES string of the molecule is CC(CN)c1c(C(C)(C)C)nc2ccccn12. The van der Waals surface area contributed by atoms with Crippen LogP contribution in [0, 0.1) is 0 Å². The van der Waals surface area contributed by atoms with Gasteiger partial charge in [0.1, 0.15) is 5.65 Å². The van der Waals surface area contributed by atoms with Crippen LogP contribution >= 0.6 is 0 Å². The van der Waals surface area contributed by atoms with Crippen LogP contribution in [0.4, 0.5) is 0 Å². The third kappa shape index (κ3) is 2.07. The largest absolute Gasteiger partial charge is 0.330 e. The summed E-state index contributed by atoms with van der Waals surface area (Å²) < 4.78 is 2.16. The summed E-state index contributed by atoms with van der Waals surface area (Å²) in [6.07, 6.45) is 2.07. The molecule has 0 spiro atoms. The molecule has 3 nitrogen and oxygen atoms in total. The van der Waals surface area contributed by atoms with Crippen molar-refractivity contribution in [3.8, 4) is 0 Å². The van der Waals surface area contributed by atoms with E-state index in [1.165, 1.54) is 5.69 Å². The van der Waals surface area contributed by atoms with Gasteiger partial charge in [-0.1, -0.05) is 33.8 Å². The van der Waals surface area contributed by atoms with Gasteiger partial charge in [-0.05, 0) is 12.1 Å². The first-order valence-electron chi connectivity index (χ1n) is 6.12. The summed E-state index contributed by atoms with van der Waals surface area (Å²) in [6, 6.07) is 6.10. The fourth-order valence-corrected chi connectivity index (χ4v) is 2.15. The lowest BCUT2D eigenvalue weighted by molar-refractivity contribution is 0.554. The summed E-state index contributed by atoms with van der Waals surface area (Å²) in [4.78, 5) is 4.76. The van der Waals surface area contributed by atoms with Gasteiger partial charge in [-0.3, -0.25) is 0 Å². The second-order valence-corrected chi connectivity index (χ2v) is 5.66. The van der Waals surface area contributed by atoms with Crippen LogP contribution in [0.5, 0.6) is 0 Å². The summed E-state index contributed by atoms with van der Waals surface area (Å²) in [6.45, 7) is 9.39. The van der Waals surface area contributed by atoms with Gasteiger partial charge in [-0.2, -0.15) is 0 Å². The van der Waals surface area contributed by atoms with E-state index in [1.54, 1.807) is 0 Å². The Morgan fingerprint density at radius 1 is 1.35 bits per heavy atom. The molecular formula is C14H21N3. The normalized spacial score (nSPS) is 14.2. The van der Waals surface area contributed by atoms with Crippen molar-refractivity contribution in [1.82, 2.24) is 9.38 Å². The van der Waals surface area contributed by atoms with Crippen LogP contribution in [0.15, 0.2) is 24.4 Å². The third-order valence-electron chi connectivity index (χ3n) is 3.10. The molecule has 0 fully saturated rings. The Morgan fingerprint density at radius 2 is 2.06 bits per heavy atom. The monoisotopic (exact) mass is 231 g/mol. The molecule has 2 heterocycles. The van der Waals surface area contributed by atoms with Gasteiger partial charge >= 0.3 is 0 Å². The Labute approximate surface area is 103 Å².